The van der Waals surface area contributed by atoms with Crippen LogP contribution in [0.25, 0.3) is 0 Å². The van der Waals surface area contributed by atoms with Crippen molar-refractivity contribution in [2.24, 2.45) is 5.73 Å². The van der Waals surface area contributed by atoms with Crippen molar-refractivity contribution in [1.29, 1.82) is 0 Å². The maximum Gasteiger partial charge on any atom is 0.323 e. The van der Waals surface area contributed by atoms with Crippen LogP contribution in [0, 0.1) is 0 Å². The predicted octanol–water partition coefficient (Wildman–Crippen LogP) is 1.72. The molecular weight excluding hydrogens is 308 g/mol. The molecule has 1 aromatic carbocycles. The number of aryl methyl sites for hydroxylation is 1. The molecule has 0 aliphatic heterocycles. The number of ether oxygens (including phenoxy) is 1. The fraction of sp³-hybridized carbons (Fsp3) is 0.556. The molecule has 1 rings (SSSR count). The summed E-state index contributed by atoms with van der Waals surface area (Å²) in [4.78, 5) is 23.6. The Kier molecular flexibility index (Phi) is 9.72. The van der Waals surface area contributed by atoms with E-state index in [1.807, 2.05) is 30.3 Å². The van der Waals surface area contributed by atoms with Crippen LogP contribution in [0.5, 0.6) is 0 Å². The van der Waals surface area contributed by atoms with Gasteiger partial charge in [0.05, 0.1) is 6.61 Å². The highest BCUT2D eigenvalue weighted by molar-refractivity contribution is 5.78. The van der Waals surface area contributed by atoms with Gasteiger partial charge in [-0.3, -0.25) is 14.9 Å². The minimum absolute atomic E-state index is 0.271. The van der Waals surface area contributed by atoms with E-state index in [-0.39, 0.29) is 6.61 Å². The van der Waals surface area contributed by atoms with Crippen LogP contribution in [0.1, 0.15) is 38.2 Å². The number of hydrogen-bond acceptors (Lipinski definition) is 5. The van der Waals surface area contributed by atoms with E-state index >= 15 is 0 Å². The summed E-state index contributed by atoms with van der Waals surface area (Å²) in [5.74, 6) is -1.36. The molecule has 24 heavy (non-hydrogen) atoms. The van der Waals surface area contributed by atoms with E-state index < -0.39 is 24.0 Å². The second kappa shape index (κ2) is 11.6. The summed E-state index contributed by atoms with van der Waals surface area (Å²) in [6.45, 7) is 2.54. The maximum absolute atomic E-state index is 12.2. The second-order valence-corrected chi connectivity index (χ2v) is 5.67. The van der Waals surface area contributed by atoms with Crippen LogP contribution in [0.3, 0.4) is 0 Å². The third-order valence-corrected chi connectivity index (χ3v) is 3.78. The number of carboxylic acids is 1. The van der Waals surface area contributed by atoms with Gasteiger partial charge >= 0.3 is 11.9 Å². The Balaban J connectivity index is 2.68. The minimum Gasteiger partial charge on any atom is -0.480 e. The summed E-state index contributed by atoms with van der Waals surface area (Å²) in [6.07, 6.45) is 3.07. The van der Waals surface area contributed by atoms with Crippen molar-refractivity contribution in [3.63, 3.8) is 0 Å². The molecule has 134 valence electrons. The van der Waals surface area contributed by atoms with Gasteiger partial charge in [0.2, 0.25) is 0 Å². The molecule has 0 bridgehead atoms. The number of carbonyl (C=O) groups is 2. The van der Waals surface area contributed by atoms with Crippen molar-refractivity contribution in [3.05, 3.63) is 35.9 Å². The Labute approximate surface area is 143 Å². The lowest BCUT2D eigenvalue weighted by atomic mass is 10.0. The molecule has 1 aromatic rings. The summed E-state index contributed by atoms with van der Waals surface area (Å²) >= 11 is 0. The van der Waals surface area contributed by atoms with Crippen molar-refractivity contribution >= 4 is 11.9 Å². The molecule has 0 heterocycles. The Hall–Kier alpha value is -1.92. The van der Waals surface area contributed by atoms with Crippen molar-refractivity contribution < 1.29 is 19.4 Å². The van der Waals surface area contributed by atoms with Crippen LogP contribution in [-0.2, 0) is 20.7 Å². The zero-order chi connectivity index (χ0) is 17.8. The first-order valence-electron chi connectivity index (χ1n) is 8.48. The third-order valence-electron chi connectivity index (χ3n) is 3.78. The molecule has 2 atom stereocenters. The van der Waals surface area contributed by atoms with E-state index in [4.69, 9.17) is 10.5 Å². The number of carboxylic acid groups (broad SMARTS) is 1. The third kappa shape index (κ3) is 7.57. The largest absolute Gasteiger partial charge is 0.480 e. The molecule has 0 amide bonds. The predicted molar refractivity (Wildman–Crippen MR) is 92.6 cm³/mol. The van der Waals surface area contributed by atoms with Gasteiger partial charge in [-0.2, -0.15) is 0 Å². The highest BCUT2D eigenvalue weighted by Crippen LogP contribution is 2.09. The minimum atomic E-state index is -0.957. The summed E-state index contributed by atoms with van der Waals surface area (Å²) in [5.41, 5.74) is 6.55. The molecule has 0 aromatic heterocycles. The van der Waals surface area contributed by atoms with Crippen molar-refractivity contribution in [2.75, 3.05) is 13.2 Å². The summed E-state index contributed by atoms with van der Waals surface area (Å²) in [5, 5.41) is 12.3. The SMILES string of the molecule is CCOC(=O)C(CCc1ccccc1)N[C@@H](CCCCN)C(=O)O. The number of carbonyl (C=O) groups excluding carboxylic acids is 1. The standard InChI is InChI=1S/C18H28N2O4/c1-2-24-18(23)16(12-11-14-8-4-3-5-9-14)20-15(17(21)22)10-6-7-13-19/h3-5,8-9,15-16,20H,2,6-7,10-13,19H2,1H3,(H,21,22)/t15-,16?/m0/s1. The van der Waals surface area contributed by atoms with Gasteiger partial charge in [-0.1, -0.05) is 36.8 Å². The van der Waals surface area contributed by atoms with Crippen molar-refractivity contribution in [2.45, 2.75) is 51.1 Å². The quantitative estimate of drug-likeness (QED) is 0.397. The van der Waals surface area contributed by atoms with Crippen LogP contribution in [-0.4, -0.2) is 42.3 Å². The van der Waals surface area contributed by atoms with E-state index in [9.17, 15) is 14.7 Å². The van der Waals surface area contributed by atoms with E-state index in [2.05, 4.69) is 5.32 Å². The molecule has 0 saturated carbocycles. The summed E-state index contributed by atoms with van der Waals surface area (Å²) in [6, 6.07) is 8.37. The van der Waals surface area contributed by atoms with Gasteiger partial charge in [0.1, 0.15) is 12.1 Å². The number of hydrogen-bond donors (Lipinski definition) is 3. The average molecular weight is 336 g/mol. The topological polar surface area (TPSA) is 102 Å². The molecule has 0 saturated heterocycles. The van der Waals surface area contributed by atoms with Gasteiger partial charge in [-0.15, -0.1) is 0 Å². The van der Waals surface area contributed by atoms with Crippen LogP contribution in [0.4, 0.5) is 0 Å². The molecule has 4 N–H and O–H groups in total. The number of rotatable bonds is 12. The Morgan fingerprint density at radius 3 is 2.46 bits per heavy atom. The summed E-state index contributed by atoms with van der Waals surface area (Å²) in [7, 11) is 0. The smallest absolute Gasteiger partial charge is 0.323 e. The second-order valence-electron chi connectivity index (χ2n) is 5.67. The Morgan fingerprint density at radius 1 is 1.17 bits per heavy atom. The molecule has 0 aliphatic carbocycles. The zero-order valence-electron chi connectivity index (χ0n) is 14.2. The monoisotopic (exact) mass is 336 g/mol. The Morgan fingerprint density at radius 2 is 1.88 bits per heavy atom. The molecule has 6 heteroatoms. The van der Waals surface area contributed by atoms with Crippen LogP contribution in [0.2, 0.25) is 0 Å². The van der Waals surface area contributed by atoms with Crippen molar-refractivity contribution in [1.82, 2.24) is 5.32 Å². The highest BCUT2D eigenvalue weighted by Gasteiger charge is 2.26. The van der Waals surface area contributed by atoms with Gasteiger partial charge in [0, 0.05) is 0 Å². The lowest BCUT2D eigenvalue weighted by Crippen LogP contribution is -2.48. The molecule has 0 aliphatic rings. The van der Waals surface area contributed by atoms with E-state index in [1.165, 1.54) is 0 Å². The lowest BCUT2D eigenvalue weighted by molar-refractivity contribution is -0.147. The average Bonchev–Trinajstić information content (AvgIpc) is 2.58. The highest BCUT2D eigenvalue weighted by atomic mass is 16.5. The number of esters is 1. The number of unbranched alkanes of at least 4 members (excludes halogenated alkanes) is 1. The van der Waals surface area contributed by atoms with Gasteiger partial charge < -0.3 is 15.6 Å². The van der Waals surface area contributed by atoms with Gasteiger partial charge in [0.15, 0.2) is 0 Å². The Bertz CT molecular complexity index is 493. The van der Waals surface area contributed by atoms with Crippen LogP contribution >= 0.6 is 0 Å². The summed E-state index contributed by atoms with van der Waals surface area (Å²) < 4.78 is 5.08. The molecular formula is C18H28N2O4. The molecule has 0 fully saturated rings. The first-order valence-corrected chi connectivity index (χ1v) is 8.48. The van der Waals surface area contributed by atoms with Crippen LogP contribution in [0.15, 0.2) is 30.3 Å². The first kappa shape index (κ1) is 20.1. The van der Waals surface area contributed by atoms with E-state index in [0.717, 1.165) is 12.0 Å². The molecule has 0 spiro atoms. The number of nitrogens with two attached hydrogens (primary N) is 1. The van der Waals surface area contributed by atoms with E-state index in [1.54, 1.807) is 6.92 Å². The fourth-order valence-corrected chi connectivity index (χ4v) is 2.48. The molecule has 1 unspecified atom stereocenters. The van der Waals surface area contributed by atoms with Crippen molar-refractivity contribution in [3.8, 4) is 0 Å². The molecule has 0 radical (unpaired) electrons. The maximum atomic E-state index is 12.2. The number of nitrogens with one attached hydrogen (secondary N) is 1. The zero-order valence-corrected chi connectivity index (χ0v) is 14.2. The number of benzene rings is 1. The molecule has 6 nitrogen and oxygen atoms in total. The van der Waals surface area contributed by atoms with E-state index in [0.29, 0.717) is 32.2 Å². The van der Waals surface area contributed by atoms with Gasteiger partial charge in [-0.25, -0.2) is 0 Å². The first-order chi connectivity index (χ1) is 11.6. The van der Waals surface area contributed by atoms with Gasteiger partial charge in [-0.05, 0) is 44.7 Å². The number of aliphatic carboxylic acids is 1. The fourth-order valence-electron chi connectivity index (χ4n) is 2.48. The lowest BCUT2D eigenvalue weighted by Gasteiger charge is -2.22. The normalized spacial score (nSPS) is 13.2. The van der Waals surface area contributed by atoms with Gasteiger partial charge in [0.25, 0.3) is 0 Å². The van der Waals surface area contributed by atoms with Crippen LogP contribution < -0.4 is 11.1 Å².